The van der Waals surface area contributed by atoms with Crippen LogP contribution in [0.1, 0.15) is 12.5 Å². The molecule has 0 fully saturated rings. The normalized spacial score (nSPS) is 14.3. The van der Waals surface area contributed by atoms with Gasteiger partial charge in [-0.25, -0.2) is 0 Å². The summed E-state index contributed by atoms with van der Waals surface area (Å²) < 4.78 is 26.3. The average Bonchev–Trinajstić information content (AvgIpc) is 2.06. The van der Waals surface area contributed by atoms with Crippen LogP contribution in [0.5, 0.6) is 0 Å². The first-order valence-corrected chi connectivity index (χ1v) is 3.74. The Morgan fingerprint density at radius 2 is 1.75 bits per heavy atom. The quantitative estimate of drug-likeness (QED) is 0.724. The molecule has 66 valence electrons. The summed E-state index contributed by atoms with van der Waals surface area (Å²) in [5.74, 6) is -2.93. The fourth-order valence-electron chi connectivity index (χ4n) is 0.923. The molecule has 2 N–H and O–H groups in total. The van der Waals surface area contributed by atoms with E-state index in [1.54, 1.807) is 18.2 Å². The van der Waals surface area contributed by atoms with Gasteiger partial charge in [-0.15, -0.1) is 0 Å². The molecule has 0 aliphatic carbocycles. The van der Waals surface area contributed by atoms with Gasteiger partial charge in [0.05, 0.1) is 6.04 Å². The van der Waals surface area contributed by atoms with Crippen molar-refractivity contribution in [3.05, 3.63) is 35.9 Å². The van der Waals surface area contributed by atoms with Gasteiger partial charge in [0.15, 0.2) is 0 Å². The minimum absolute atomic E-state index is 0.0278. The highest BCUT2D eigenvalue weighted by Crippen LogP contribution is 2.29. The van der Waals surface area contributed by atoms with Gasteiger partial charge in [-0.1, -0.05) is 30.3 Å². The Labute approximate surface area is 70.2 Å². The molecule has 0 heterocycles. The van der Waals surface area contributed by atoms with Gasteiger partial charge in [-0.2, -0.15) is 8.78 Å². The van der Waals surface area contributed by atoms with E-state index >= 15 is 0 Å². The van der Waals surface area contributed by atoms with Crippen LogP contribution in [-0.2, 0) is 5.92 Å². The van der Waals surface area contributed by atoms with E-state index in [1.807, 2.05) is 0 Å². The van der Waals surface area contributed by atoms with Gasteiger partial charge in [-0.3, -0.25) is 0 Å². The molecule has 1 atom stereocenters. The molecule has 0 bridgehead atoms. The van der Waals surface area contributed by atoms with E-state index in [0.717, 1.165) is 0 Å². The minimum Gasteiger partial charge on any atom is -0.323 e. The van der Waals surface area contributed by atoms with Crippen molar-refractivity contribution < 1.29 is 8.78 Å². The van der Waals surface area contributed by atoms with Crippen molar-refractivity contribution in [2.24, 2.45) is 5.73 Å². The summed E-state index contributed by atoms with van der Waals surface area (Å²) in [5.41, 5.74) is 5.12. The van der Waals surface area contributed by atoms with E-state index in [9.17, 15) is 8.78 Å². The third-order valence-corrected chi connectivity index (χ3v) is 1.73. The molecule has 3 heteroatoms. The van der Waals surface area contributed by atoms with Crippen molar-refractivity contribution in [2.75, 3.05) is 0 Å². The summed E-state index contributed by atoms with van der Waals surface area (Å²) in [6, 6.07) is 6.45. The molecule has 0 aromatic heterocycles. The van der Waals surface area contributed by atoms with Crippen molar-refractivity contribution in [3.8, 4) is 0 Å². The lowest BCUT2D eigenvalue weighted by Gasteiger charge is -2.20. The Hall–Kier alpha value is -0.960. The highest BCUT2D eigenvalue weighted by molar-refractivity contribution is 5.21. The molecule has 0 unspecified atom stereocenters. The molecule has 12 heavy (non-hydrogen) atoms. The smallest absolute Gasteiger partial charge is 0.287 e. The number of alkyl halides is 2. The molecule has 1 rings (SSSR count). The summed E-state index contributed by atoms with van der Waals surface area (Å²) in [5, 5.41) is 0. The van der Waals surface area contributed by atoms with Crippen LogP contribution < -0.4 is 5.73 Å². The Balaban J connectivity index is 2.98. The Morgan fingerprint density at radius 1 is 1.25 bits per heavy atom. The van der Waals surface area contributed by atoms with E-state index in [1.165, 1.54) is 19.1 Å². The second kappa shape index (κ2) is 3.19. The molecule has 0 aliphatic rings. The lowest BCUT2D eigenvalue weighted by atomic mass is 10.0. The lowest BCUT2D eigenvalue weighted by Crippen LogP contribution is -2.35. The number of hydrogen-bond donors (Lipinski definition) is 1. The molecule has 0 radical (unpaired) electrons. The van der Waals surface area contributed by atoms with Crippen molar-refractivity contribution in [1.29, 1.82) is 0 Å². The van der Waals surface area contributed by atoms with Crippen LogP contribution in [-0.4, -0.2) is 6.04 Å². The van der Waals surface area contributed by atoms with Crippen LogP contribution in [0.2, 0.25) is 0 Å². The summed E-state index contributed by atoms with van der Waals surface area (Å²) in [4.78, 5) is 0. The Bertz CT molecular complexity index is 244. The average molecular weight is 171 g/mol. The third kappa shape index (κ3) is 1.61. The van der Waals surface area contributed by atoms with Crippen LogP contribution in [0.4, 0.5) is 8.78 Å². The van der Waals surface area contributed by atoms with Crippen LogP contribution in [0.3, 0.4) is 0 Å². The fourth-order valence-corrected chi connectivity index (χ4v) is 0.923. The number of nitrogens with two attached hydrogens (primary N) is 1. The predicted molar refractivity (Wildman–Crippen MR) is 44.0 cm³/mol. The highest BCUT2D eigenvalue weighted by Gasteiger charge is 2.35. The summed E-state index contributed by atoms with van der Waals surface area (Å²) in [6.45, 7) is 1.30. The zero-order valence-electron chi connectivity index (χ0n) is 6.80. The molecular formula is C9H11F2N. The maximum Gasteiger partial charge on any atom is 0.287 e. The summed E-state index contributed by atoms with van der Waals surface area (Å²) >= 11 is 0. The maximum atomic E-state index is 13.2. The van der Waals surface area contributed by atoms with Gasteiger partial charge in [0.25, 0.3) is 5.92 Å². The zero-order valence-corrected chi connectivity index (χ0v) is 6.80. The van der Waals surface area contributed by atoms with Gasteiger partial charge < -0.3 is 5.73 Å². The monoisotopic (exact) mass is 171 g/mol. The highest BCUT2D eigenvalue weighted by atomic mass is 19.3. The van der Waals surface area contributed by atoms with Crippen LogP contribution in [0.25, 0.3) is 0 Å². The van der Waals surface area contributed by atoms with Gasteiger partial charge in [0.2, 0.25) is 0 Å². The molecule has 0 amide bonds. The number of benzene rings is 1. The second-order valence-electron chi connectivity index (χ2n) is 2.78. The third-order valence-electron chi connectivity index (χ3n) is 1.73. The molecule has 0 spiro atoms. The second-order valence-corrected chi connectivity index (χ2v) is 2.78. The summed E-state index contributed by atoms with van der Waals surface area (Å²) in [6.07, 6.45) is 0. The largest absolute Gasteiger partial charge is 0.323 e. The van der Waals surface area contributed by atoms with Crippen molar-refractivity contribution in [1.82, 2.24) is 0 Å². The SMILES string of the molecule is C[C@@H](N)C(F)(F)c1ccccc1. The number of rotatable bonds is 2. The molecule has 0 saturated carbocycles. The van der Waals surface area contributed by atoms with Crippen molar-refractivity contribution in [3.63, 3.8) is 0 Å². The first kappa shape index (κ1) is 9.13. The van der Waals surface area contributed by atoms with Crippen molar-refractivity contribution >= 4 is 0 Å². The van der Waals surface area contributed by atoms with Gasteiger partial charge >= 0.3 is 0 Å². The standard InChI is InChI=1S/C9H11F2N/c1-7(12)9(10,11)8-5-3-2-4-6-8/h2-7H,12H2,1H3/t7-/m1/s1. The molecule has 1 nitrogen and oxygen atoms in total. The lowest BCUT2D eigenvalue weighted by molar-refractivity contribution is -0.0256. The van der Waals surface area contributed by atoms with Gasteiger partial charge in [0.1, 0.15) is 0 Å². The summed E-state index contributed by atoms with van der Waals surface area (Å²) in [7, 11) is 0. The predicted octanol–water partition coefficient (Wildman–Crippen LogP) is 2.13. The first-order chi connectivity index (χ1) is 5.55. The van der Waals surface area contributed by atoms with Gasteiger partial charge in [-0.05, 0) is 6.92 Å². The number of halogens is 2. The van der Waals surface area contributed by atoms with E-state index in [-0.39, 0.29) is 5.56 Å². The first-order valence-electron chi connectivity index (χ1n) is 3.74. The van der Waals surface area contributed by atoms with E-state index < -0.39 is 12.0 Å². The van der Waals surface area contributed by atoms with E-state index in [4.69, 9.17) is 5.73 Å². The zero-order chi connectivity index (χ0) is 9.19. The maximum absolute atomic E-state index is 13.2. The topological polar surface area (TPSA) is 26.0 Å². The van der Waals surface area contributed by atoms with Crippen LogP contribution in [0.15, 0.2) is 30.3 Å². The fraction of sp³-hybridized carbons (Fsp3) is 0.333. The Morgan fingerprint density at radius 3 is 2.17 bits per heavy atom. The van der Waals surface area contributed by atoms with Crippen molar-refractivity contribution in [2.45, 2.75) is 18.9 Å². The van der Waals surface area contributed by atoms with Crippen LogP contribution >= 0.6 is 0 Å². The Kier molecular flexibility index (Phi) is 2.43. The van der Waals surface area contributed by atoms with Crippen LogP contribution in [0, 0.1) is 0 Å². The van der Waals surface area contributed by atoms with E-state index in [0.29, 0.717) is 0 Å². The van der Waals surface area contributed by atoms with Gasteiger partial charge in [0, 0.05) is 5.56 Å². The molecule has 0 saturated heterocycles. The molecule has 1 aromatic rings. The number of hydrogen-bond acceptors (Lipinski definition) is 1. The molecular weight excluding hydrogens is 160 g/mol. The molecule has 0 aliphatic heterocycles. The minimum atomic E-state index is -2.93. The molecule has 1 aromatic carbocycles. The van der Waals surface area contributed by atoms with E-state index in [2.05, 4.69) is 0 Å².